The number of rotatable bonds is 8. The van der Waals surface area contributed by atoms with Crippen LogP contribution in [0.2, 0.25) is 0 Å². The summed E-state index contributed by atoms with van der Waals surface area (Å²) >= 11 is 0. The molecule has 2 aliphatic heterocycles. The lowest BCUT2D eigenvalue weighted by atomic mass is 9.83. The van der Waals surface area contributed by atoms with E-state index in [2.05, 4.69) is 74.3 Å². The fraction of sp³-hybridized carbons (Fsp3) is 0.520. The summed E-state index contributed by atoms with van der Waals surface area (Å²) in [6.07, 6.45) is 2.35. The molecule has 2 unspecified atom stereocenters. The van der Waals surface area contributed by atoms with Gasteiger partial charge in [-0.3, -0.25) is 0 Å². The Morgan fingerprint density at radius 2 is 1.07 bits per heavy atom. The van der Waals surface area contributed by atoms with Gasteiger partial charge in [-0.2, -0.15) is 0 Å². The summed E-state index contributed by atoms with van der Waals surface area (Å²) in [5.41, 5.74) is 5.35. The molecule has 2 saturated heterocycles. The molecule has 150 valence electrons. The van der Waals surface area contributed by atoms with E-state index in [0.717, 1.165) is 26.4 Å². The first-order chi connectivity index (χ1) is 13.7. The second kappa shape index (κ2) is 8.67. The summed E-state index contributed by atoms with van der Waals surface area (Å²) in [5.74, 6) is 2.62. The molecule has 3 nitrogen and oxygen atoms in total. The highest BCUT2D eigenvalue weighted by Crippen LogP contribution is 2.36. The normalized spacial score (nSPS) is 19.5. The average Bonchev–Trinajstić information content (AvgIpc) is 2.67. The fourth-order valence-corrected chi connectivity index (χ4v) is 4.69. The van der Waals surface area contributed by atoms with Gasteiger partial charge in [0, 0.05) is 30.3 Å². The number of anilines is 2. The van der Waals surface area contributed by atoms with Gasteiger partial charge in [0.2, 0.25) is 0 Å². The zero-order valence-corrected chi connectivity index (χ0v) is 17.4. The van der Waals surface area contributed by atoms with Crippen molar-refractivity contribution in [3.63, 3.8) is 0 Å². The van der Waals surface area contributed by atoms with Crippen molar-refractivity contribution in [1.82, 2.24) is 0 Å². The molecular formula is C25H33NO2. The molecule has 0 bridgehead atoms. The van der Waals surface area contributed by atoms with E-state index in [9.17, 15) is 0 Å². The van der Waals surface area contributed by atoms with Crippen molar-refractivity contribution in [2.45, 2.75) is 38.5 Å². The predicted octanol–water partition coefficient (Wildman–Crippen LogP) is 5.73. The van der Waals surface area contributed by atoms with Crippen LogP contribution in [-0.4, -0.2) is 33.5 Å². The Morgan fingerprint density at radius 1 is 0.714 bits per heavy atom. The zero-order valence-electron chi connectivity index (χ0n) is 17.4. The van der Waals surface area contributed by atoms with E-state index in [0.29, 0.717) is 23.7 Å². The van der Waals surface area contributed by atoms with Crippen molar-refractivity contribution >= 4 is 11.4 Å². The van der Waals surface area contributed by atoms with E-state index in [1.54, 1.807) is 0 Å². The van der Waals surface area contributed by atoms with Gasteiger partial charge in [0.1, 0.15) is 0 Å². The van der Waals surface area contributed by atoms with Crippen LogP contribution in [0.3, 0.4) is 0 Å². The van der Waals surface area contributed by atoms with Crippen LogP contribution in [0, 0.1) is 11.8 Å². The van der Waals surface area contributed by atoms with E-state index in [4.69, 9.17) is 9.47 Å². The summed E-state index contributed by atoms with van der Waals surface area (Å²) in [7, 11) is 2.15. The average molecular weight is 380 g/mol. The Kier molecular flexibility index (Phi) is 6.03. The Bertz CT molecular complexity index is 682. The fourth-order valence-electron chi connectivity index (χ4n) is 4.69. The van der Waals surface area contributed by atoms with Gasteiger partial charge in [-0.15, -0.1) is 0 Å². The summed E-state index contributed by atoms with van der Waals surface area (Å²) in [6.45, 7) is 8.22. The minimum Gasteiger partial charge on any atom is -0.381 e. The van der Waals surface area contributed by atoms with Crippen molar-refractivity contribution in [2.75, 3.05) is 38.4 Å². The Morgan fingerprint density at radius 3 is 1.32 bits per heavy atom. The van der Waals surface area contributed by atoms with Crippen LogP contribution in [0.4, 0.5) is 11.4 Å². The Hall–Kier alpha value is -1.84. The molecule has 0 radical (unpaired) electrons. The third-order valence-corrected chi connectivity index (χ3v) is 6.76. The van der Waals surface area contributed by atoms with Crippen LogP contribution in [0.5, 0.6) is 0 Å². The van der Waals surface area contributed by atoms with E-state index in [1.165, 1.54) is 35.3 Å². The molecule has 2 aromatic rings. The molecule has 2 aromatic carbocycles. The van der Waals surface area contributed by atoms with Gasteiger partial charge in [-0.25, -0.2) is 0 Å². The van der Waals surface area contributed by atoms with Gasteiger partial charge < -0.3 is 14.4 Å². The first-order valence-electron chi connectivity index (χ1n) is 10.8. The lowest BCUT2D eigenvalue weighted by Crippen LogP contribution is -2.33. The molecule has 0 spiro atoms. The molecule has 2 fully saturated rings. The molecule has 0 saturated carbocycles. The summed E-state index contributed by atoms with van der Waals surface area (Å²) in [5, 5.41) is 0. The molecule has 0 N–H and O–H groups in total. The van der Waals surface area contributed by atoms with Crippen molar-refractivity contribution < 1.29 is 9.47 Å². The molecule has 0 aliphatic carbocycles. The van der Waals surface area contributed by atoms with Crippen LogP contribution >= 0.6 is 0 Å². The monoisotopic (exact) mass is 379 g/mol. The molecule has 2 atom stereocenters. The van der Waals surface area contributed by atoms with Crippen molar-refractivity contribution in [2.24, 2.45) is 11.8 Å². The molecule has 28 heavy (non-hydrogen) atoms. The first kappa shape index (κ1) is 19.5. The molecule has 3 heteroatoms. The summed E-state index contributed by atoms with van der Waals surface area (Å²) < 4.78 is 10.8. The smallest absolute Gasteiger partial charge is 0.0522 e. The van der Waals surface area contributed by atoms with Crippen LogP contribution in [-0.2, 0) is 9.47 Å². The van der Waals surface area contributed by atoms with Crippen LogP contribution < -0.4 is 4.90 Å². The van der Waals surface area contributed by atoms with Crippen molar-refractivity contribution in [3.8, 4) is 0 Å². The maximum Gasteiger partial charge on any atom is 0.0522 e. The topological polar surface area (TPSA) is 21.7 Å². The van der Waals surface area contributed by atoms with E-state index in [-0.39, 0.29) is 0 Å². The van der Waals surface area contributed by atoms with Gasteiger partial charge in [0.25, 0.3) is 0 Å². The van der Waals surface area contributed by atoms with E-state index >= 15 is 0 Å². The number of ether oxygens (including phenoxy) is 2. The maximum absolute atomic E-state index is 5.40. The third-order valence-electron chi connectivity index (χ3n) is 6.76. The highest BCUT2D eigenvalue weighted by atomic mass is 16.5. The molecular weight excluding hydrogens is 346 g/mol. The maximum atomic E-state index is 5.40. The molecule has 0 aromatic heterocycles. The quantitative estimate of drug-likeness (QED) is 0.584. The minimum atomic E-state index is 0.619. The summed E-state index contributed by atoms with van der Waals surface area (Å²) in [6, 6.07) is 18.2. The lowest BCUT2D eigenvalue weighted by molar-refractivity contribution is -0.0456. The second-order valence-corrected chi connectivity index (χ2v) is 8.37. The standard InChI is InChI=1S/C25H33NO2/c1-4-24(20-14-27-15-20)18-6-10-22(11-7-18)26(3)23-12-8-19(9-13-23)25(5-2)21-16-28-17-21/h6-13,20-21,24-25H,4-5,14-17H2,1-3H3. The molecule has 4 rings (SSSR count). The predicted molar refractivity (Wildman–Crippen MR) is 116 cm³/mol. The van der Waals surface area contributed by atoms with Gasteiger partial charge in [0.15, 0.2) is 0 Å². The third kappa shape index (κ3) is 3.83. The zero-order chi connectivity index (χ0) is 19.5. The number of hydrogen-bond donors (Lipinski definition) is 0. The van der Waals surface area contributed by atoms with Gasteiger partial charge in [-0.05, 0) is 60.1 Å². The first-order valence-corrected chi connectivity index (χ1v) is 10.8. The highest BCUT2D eigenvalue weighted by Gasteiger charge is 2.29. The van der Waals surface area contributed by atoms with E-state index in [1.807, 2.05) is 0 Å². The van der Waals surface area contributed by atoms with Crippen LogP contribution in [0.15, 0.2) is 48.5 Å². The van der Waals surface area contributed by atoms with Gasteiger partial charge >= 0.3 is 0 Å². The van der Waals surface area contributed by atoms with E-state index < -0.39 is 0 Å². The largest absolute Gasteiger partial charge is 0.381 e. The molecule has 0 amide bonds. The van der Waals surface area contributed by atoms with Gasteiger partial charge in [0.05, 0.1) is 26.4 Å². The van der Waals surface area contributed by atoms with Crippen molar-refractivity contribution in [3.05, 3.63) is 59.7 Å². The van der Waals surface area contributed by atoms with Crippen LogP contribution in [0.25, 0.3) is 0 Å². The van der Waals surface area contributed by atoms with Crippen molar-refractivity contribution in [1.29, 1.82) is 0 Å². The lowest BCUT2D eigenvalue weighted by Gasteiger charge is -2.34. The molecule has 2 heterocycles. The summed E-state index contributed by atoms with van der Waals surface area (Å²) in [4.78, 5) is 2.27. The number of hydrogen-bond acceptors (Lipinski definition) is 3. The van der Waals surface area contributed by atoms with Crippen LogP contribution in [0.1, 0.15) is 49.7 Å². The van der Waals surface area contributed by atoms with Gasteiger partial charge in [-0.1, -0.05) is 38.1 Å². The Balaban J connectivity index is 1.45. The second-order valence-electron chi connectivity index (χ2n) is 8.37. The SMILES string of the molecule is CCC(c1ccc(N(C)c2ccc(C(CC)C3COC3)cc2)cc1)C1COC1. The Labute approximate surface area is 169 Å². The number of nitrogens with zero attached hydrogens (tertiary/aromatic N) is 1. The highest BCUT2D eigenvalue weighted by molar-refractivity contribution is 5.63. The minimum absolute atomic E-state index is 0.619. The number of benzene rings is 2. The molecule has 2 aliphatic rings.